The second-order valence-corrected chi connectivity index (χ2v) is 8.04. The van der Waals surface area contributed by atoms with Crippen LogP contribution in [0.2, 0.25) is 0 Å². The van der Waals surface area contributed by atoms with Crippen LogP contribution in [-0.2, 0) is 6.54 Å². The van der Waals surface area contributed by atoms with Crippen molar-refractivity contribution in [3.8, 4) is 0 Å². The summed E-state index contributed by atoms with van der Waals surface area (Å²) in [6, 6.07) is 7.31. The largest absolute Gasteiger partial charge is 0.350 e. The van der Waals surface area contributed by atoms with E-state index in [2.05, 4.69) is 34.9 Å². The molecule has 0 saturated heterocycles. The molecule has 0 bridgehead atoms. The zero-order chi connectivity index (χ0) is 19.9. The Kier molecular flexibility index (Phi) is 7.66. The monoisotopic (exact) mass is 374 g/mol. The standard InChI is InChI=1S/C21H34N4O2/c1-16(2)24-20(27)22-14-17-8-10-18(11-9-17)19(26)23-15-21(25(3)4)12-6-5-7-13-21/h8-11,16H,5-7,12-15H2,1-4H3,(H,23,26)(H2,22,24,27). The van der Waals surface area contributed by atoms with Gasteiger partial charge in [-0.25, -0.2) is 4.79 Å². The summed E-state index contributed by atoms with van der Waals surface area (Å²) in [6.07, 6.45) is 5.99. The number of nitrogens with zero attached hydrogens (tertiary/aromatic N) is 1. The normalized spacial score (nSPS) is 16.2. The fraction of sp³-hybridized carbons (Fsp3) is 0.619. The van der Waals surface area contributed by atoms with Gasteiger partial charge in [-0.1, -0.05) is 31.4 Å². The van der Waals surface area contributed by atoms with Gasteiger partial charge in [0.1, 0.15) is 0 Å². The number of hydrogen-bond acceptors (Lipinski definition) is 3. The molecular formula is C21H34N4O2. The third kappa shape index (κ3) is 6.24. The third-order valence-electron chi connectivity index (χ3n) is 5.40. The smallest absolute Gasteiger partial charge is 0.315 e. The first-order chi connectivity index (χ1) is 12.8. The van der Waals surface area contributed by atoms with Crippen LogP contribution in [0.3, 0.4) is 0 Å². The van der Waals surface area contributed by atoms with E-state index in [0.717, 1.165) is 18.4 Å². The summed E-state index contributed by atoms with van der Waals surface area (Å²) in [7, 11) is 4.21. The van der Waals surface area contributed by atoms with Gasteiger partial charge in [0.25, 0.3) is 5.91 Å². The van der Waals surface area contributed by atoms with E-state index in [9.17, 15) is 9.59 Å². The number of likely N-dealkylation sites (N-methyl/N-ethyl adjacent to an activating group) is 1. The predicted molar refractivity (Wildman–Crippen MR) is 109 cm³/mol. The Labute approximate surface area is 163 Å². The summed E-state index contributed by atoms with van der Waals surface area (Å²) in [4.78, 5) is 26.4. The summed E-state index contributed by atoms with van der Waals surface area (Å²) in [5.74, 6) is -0.0427. The lowest BCUT2D eigenvalue weighted by Crippen LogP contribution is -2.53. The fourth-order valence-electron chi connectivity index (χ4n) is 3.61. The van der Waals surface area contributed by atoms with Crippen LogP contribution < -0.4 is 16.0 Å². The molecule has 1 fully saturated rings. The maximum Gasteiger partial charge on any atom is 0.315 e. The summed E-state index contributed by atoms with van der Waals surface area (Å²) in [6.45, 7) is 4.95. The van der Waals surface area contributed by atoms with Gasteiger partial charge in [-0.05, 0) is 58.5 Å². The van der Waals surface area contributed by atoms with Crippen LogP contribution >= 0.6 is 0 Å². The van der Waals surface area contributed by atoms with Crippen LogP contribution in [0, 0.1) is 0 Å². The lowest BCUT2D eigenvalue weighted by atomic mass is 9.80. The first-order valence-corrected chi connectivity index (χ1v) is 9.91. The zero-order valence-corrected chi connectivity index (χ0v) is 17.1. The van der Waals surface area contributed by atoms with Crippen molar-refractivity contribution in [2.45, 2.75) is 64.1 Å². The van der Waals surface area contributed by atoms with Crippen molar-refractivity contribution < 1.29 is 9.59 Å². The quantitative estimate of drug-likeness (QED) is 0.687. The van der Waals surface area contributed by atoms with Gasteiger partial charge in [-0.2, -0.15) is 0 Å². The van der Waals surface area contributed by atoms with E-state index in [1.165, 1.54) is 19.3 Å². The highest BCUT2D eigenvalue weighted by Crippen LogP contribution is 2.31. The van der Waals surface area contributed by atoms with Crippen LogP contribution in [0.25, 0.3) is 0 Å². The maximum atomic E-state index is 12.5. The Bertz CT molecular complexity index is 620. The van der Waals surface area contributed by atoms with Gasteiger partial charge in [0, 0.05) is 30.2 Å². The van der Waals surface area contributed by atoms with Crippen molar-refractivity contribution in [3.63, 3.8) is 0 Å². The summed E-state index contributed by atoms with van der Waals surface area (Å²) in [5, 5.41) is 8.72. The molecule has 2 rings (SSSR count). The van der Waals surface area contributed by atoms with Gasteiger partial charge >= 0.3 is 6.03 Å². The van der Waals surface area contributed by atoms with E-state index in [4.69, 9.17) is 0 Å². The van der Waals surface area contributed by atoms with Crippen molar-refractivity contribution in [1.29, 1.82) is 0 Å². The maximum absolute atomic E-state index is 12.5. The second-order valence-electron chi connectivity index (χ2n) is 8.04. The second kappa shape index (κ2) is 9.74. The van der Waals surface area contributed by atoms with Crippen LogP contribution in [0.4, 0.5) is 4.79 Å². The molecule has 1 aliphatic carbocycles. The van der Waals surface area contributed by atoms with Gasteiger partial charge in [0.05, 0.1) is 0 Å². The molecule has 27 heavy (non-hydrogen) atoms. The van der Waals surface area contributed by atoms with Crippen LogP contribution in [0.1, 0.15) is 61.9 Å². The van der Waals surface area contributed by atoms with Gasteiger partial charge in [0.2, 0.25) is 0 Å². The molecule has 0 aromatic heterocycles. The molecule has 0 heterocycles. The van der Waals surface area contributed by atoms with Gasteiger partial charge in [-0.15, -0.1) is 0 Å². The number of benzene rings is 1. The molecule has 1 aromatic carbocycles. The highest BCUT2D eigenvalue weighted by molar-refractivity contribution is 5.94. The van der Waals surface area contributed by atoms with Gasteiger partial charge in [0.15, 0.2) is 0 Å². The average molecular weight is 375 g/mol. The Morgan fingerprint density at radius 1 is 1.04 bits per heavy atom. The highest BCUT2D eigenvalue weighted by atomic mass is 16.2. The molecule has 0 spiro atoms. The van der Waals surface area contributed by atoms with Crippen molar-refractivity contribution in [2.24, 2.45) is 0 Å². The van der Waals surface area contributed by atoms with E-state index in [0.29, 0.717) is 18.7 Å². The Balaban J connectivity index is 1.87. The molecule has 6 nitrogen and oxygen atoms in total. The topological polar surface area (TPSA) is 73.5 Å². The highest BCUT2D eigenvalue weighted by Gasteiger charge is 2.34. The molecule has 0 unspecified atom stereocenters. The summed E-state index contributed by atoms with van der Waals surface area (Å²) in [5.41, 5.74) is 1.68. The van der Waals surface area contributed by atoms with Crippen LogP contribution in [0.5, 0.6) is 0 Å². The minimum atomic E-state index is -0.187. The molecule has 1 saturated carbocycles. The SMILES string of the molecule is CC(C)NC(=O)NCc1ccc(C(=O)NCC2(N(C)C)CCCCC2)cc1. The van der Waals surface area contributed by atoms with Crippen molar-refractivity contribution in [1.82, 2.24) is 20.9 Å². The van der Waals surface area contributed by atoms with E-state index in [-0.39, 0.29) is 23.5 Å². The third-order valence-corrected chi connectivity index (χ3v) is 5.40. The Morgan fingerprint density at radius 3 is 2.22 bits per heavy atom. The molecular weight excluding hydrogens is 340 g/mol. The lowest BCUT2D eigenvalue weighted by molar-refractivity contribution is 0.0799. The minimum Gasteiger partial charge on any atom is -0.350 e. The van der Waals surface area contributed by atoms with E-state index < -0.39 is 0 Å². The van der Waals surface area contributed by atoms with Crippen LogP contribution in [-0.4, -0.2) is 49.1 Å². The minimum absolute atomic E-state index is 0.0427. The lowest BCUT2D eigenvalue weighted by Gasteiger charge is -2.43. The Morgan fingerprint density at radius 2 is 1.67 bits per heavy atom. The van der Waals surface area contributed by atoms with Crippen molar-refractivity contribution in [3.05, 3.63) is 35.4 Å². The average Bonchev–Trinajstić information content (AvgIpc) is 2.65. The number of rotatable bonds is 7. The number of carbonyl (C=O) groups excluding carboxylic acids is 2. The fourth-order valence-corrected chi connectivity index (χ4v) is 3.61. The molecule has 1 aliphatic rings. The molecule has 6 heteroatoms. The first kappa shape index (κ1) is 21.2. The Hall–Kier alpha value is -2.08. The van der Waals surface area contributed by atoms with E-state index in [1.807, 2.05) is 38.1 Å². The zero-order valence-electron chi connectivity index (χ0n) is 17.1. The van der Waals surface area contributed by atoms with Gasteiger partial charge in [-0.3, -0.25) is 4.79 Å². The van der Waals surface area contributed by atoms with Crippen molar-refractivity contribution >= 4 is 11.9 Å². The molecule has 3 N–H and O–H groups in total. The van der Waals surface area contributed by atoms with Crippen LogP contribution in [0.15, 0.2) is 24.3 Å². The summed E-state index contributed by atoms with van der Waals surface area (Å²) >= 11 is 0. The number of amides is 3. The van der Waals surface area contributed by atoms with Crippen molar-refractivity contribution in [2.75, 3.05) is 20.6 Å². The predicted octanol–water partition coefficient (Wildman–Crippen LogP) is 2.89. The summed E-state index contributed by atoms with van der Waals surface area (Å²) < 4.78 is 0. The van der Waals surface area contributed by atoms with Gasteiger partial charge < -0.3 is 20.9 Å². The molecule has 1 aromatic rings. The number of carbonyl (C=O) groups is 2. The van der Waals surface area contributed by atoms with E-state index >= 15 is 0 Å². The first-order valence-electron chi connectivity index (χ1n) is 9.91. The number of urea groups is 1. The number of nitrogens with one attached hydrogen (secondary N) is 3. The molecule has 0 aliphatic heterocycles. The molecule has 150 valence electrons. The molecule has 3 amide bonds. The molecule has 0 atom stereocenters. The molecule has 0 radical (unpaired) electrons. The van der Waals surface area contributed by atoms with E-state index in [1.54, 1.807) is 0 Å². The number of hydrogen-bond donors (Lipinski definition) is 3.